The molecule has 0 atom stereocenters. The predicted octanol–water partition coefficient (Wildman–Crippen LogP) is 2.33. The van der Waals surface area contributed by atoms with Crippen LogP contribution in [-0.2, 0) is 11.2 Å². The molecule has 0 aliphatic carbocycles. The molecule has 3 heterocycles. The van der Waals surface area contributed by atoms with Crippen molar-refractivity contribution in [1.29, 1.82) is 0 Å². The molecule has 9 heteroatoms. The molecule has 2 aliphatic rings. The summed E-state index contributed by atoms with van der Waals surface area (Å²) >= 11 is 1.76. The Hall–Kier alpha value is -1.10. The summed E-state index contributed by atoms with van der Waals surface area (Å²) in [5.74, 6) is 1.59. The zero-order valence-corrected chi connectivity index (χ0v) is 20.1. The molecule has 1 aromatic heterocycles. The van der Waals surface area contributed by atoms with Gasteiger partial charge in [-0.25, -0.2) is 4.98 Å². The number of rotatable bonds is 6. The minimum Gasteiger partial charge on any atom is -0.359 e. The van der Waals surface area contributed by atoms with E-state index in [1.807, 2.05) is 7.05 Å². The van der Waals surface area contributed by atoms with E-state index in [0.29, 0.717) is 12.3 Å². The summed E-state index contributed by atoms with van der Waals surface area (Å²) < 4.78 is 0. The van der Waals surface area contributed by atoms with Gasteiger partial charge in [0.2, 0.25) is 5.91 Å². The second-order valence-electron chi connectivity index (χ2n) is 7.35. The standard InChI is InChI=1S/C19H32N6OS.HI/c1-20-17(26)13-15-6-11-24(12-7-15)18(21-2)22-8-5-16-14-27-19(23-16)25-9-3-4-10-25;/h14-15H,3-13H2,1-2H3,(H,20,26)(H,21,22);1H. The third-order valence-corrected chi connectivity index (χ3v) is 6.41. The first-order chi connectivity index (χ1) is 13.2. The second-order valence-corrected chi connectivity index (χ2v) is 8.18. The van der Waals surface area contributed by atoms with Crippen LogP contribution in [0.3, 0.4) is 0 Å². The van der Waals surface area contributed by atoms with E-state index in [9.17, 15) is 4.79 Å². The quantitative estimate of drug-likeness (QED) is 0.342. The summed E-state index contributed by atoms with van der Waals surface area (Å²) in [4.78, 5) is 25.5. The number of nitrogens with zero attached hydrogens (tertiary/aromatic N) is 4. The van der Waals surface area contributed by atoms with Crippen LogP contribution < -0.4 is 15.5 Å². The average Bonchev–Trinajstić information content (AvgIpc) is 3.37. The molecule has 0 aromatic carbocycles. The fourth-order valence-corrected chi connectivity index (χ4v) is 4.73. The molecule has 0 bridgehead atoms. The van der Waals surface area contributed by atoms with Crippen molar-refractivity contribution in [3.8, 4) is 0 Å². The third kappa shape index (κ3) is 6.47. The first-order valence-corrected chi connectivity index (χ1v) is 10.9. The van der Waals surface area contributed by atoms with Gasteiger partial charge in [0.05, 0.1) is 5.69 Å². The molecule has 2 N–H and O–H groups in total. The molecule has 0 saturated carbocycles. The number of nitrogens with one attached hydrogen (secondary N) is 2. The van der Waals surface area contributed by atoms with Gasteiger partial charge in [0.15, 0.2) is 11.1 Å². The van der Waals surface area contributed by atoms with Crippen LogP contribution in [0, 0.1) is 5.92 Å². The normalized spacial score (nSPS) is 18.1. The van der Waals surface area contributed by atoms with Gasteiger partial charge in [0.25, 0.3) is 0 Å². The molecule has 1 amide bonds. The van der Waals surface area contributed by atoms with Gasteiger partial charge in [-0.3, -0.25) is 9.79 Å². The van der Waals surface area contributed by atoms with E-state index in [1.165, 1.54) is 18.0 Å². The third-order valence-electron chi connectivity index (χ3n) is 5.46. The van der Waals surface area contributed by atoms with Crippen LogP contribution in [0.4, 0.5) is 5.13 Å². The van der Waals surface area contributed by atoms with E-state index in [4.69, 9.17) is 4.98 Å². The number of likely N-dealkylation sites (tertiary alicyclic amines) is 1. The summed E-state index contributed by atoms with van der Waals surface area (Å²) in [6.07, 6.45) is 6.20. The summed E-state index contributed by atoms with van der Waals surface area (Å²) in [6.45, 7) is 5.05. The van der Waals surface area contributed by atoms with E-state index in [1.54, 1.807) is 18.4 Å². The molecular weight excluding hydrogens is 487 g/mol. The number of guanidine groups is 1. The second kappa shape index (κ2) is 11.8. The molecule has 28 heavy (non-hydrogen) atoms. The van der Waals surface area contributed by atoms with Gasteiger partial charge in [-0.05, 0) is 31.6 Å². The Morgan fingerprint density at radius 2 is 2.00 bits per heavy atom. The van der Waals surface area contributed by atoms with Crippen LogP contribution in [0.25, 0.3) is 0 Å². The zero-order chi connectivity index (χ0) is 19.1. The topological polar surface area (TPSA) is 72.9 Å². The number of carbonyl (C=O) groups excluding carboxylic acids is 1. The van der Waals surface area contributed by atoms with Crippen molar-refractivity contribution in [2.24, 2.45) is 10.9 Å². The van der Waals surface area contributed by atoms with Gasteiger partial charge in [-0.2, -0.15) is 0 Å². The highest BCUT2D eigenvalue weighted by Crippen LogP contribution is 2.24. The summed E-state index contributed by atoms with van der Waals surface area (Å²) in [7, 11) is 3.55. The molecule has 2 fully saturated rings. The van der Waals surface area contributed by atoms with Crippen LogP contribution in [0.2, 0.25) is 0 Å². The van der Waals surface area contributed by atoms with Crippen molar-refractivity contribution < 1.29 is 4.79 Å². The van der Waals surface area contributed by atoms with Crippen LogP contribution in [0.5, 0.6) is 0 Å². The predicted molar refractivity (Wildman–Crippen MR) is 127 cm³/mol. The highest BCUT2D eigenvalue weighted by molar-refractivity contribution is 14.0. The van der Waals surface area contributed by atoms with Crippen LogP contribution in [0.15, 0.2) is 10.4 Å². The maximum Gasteiger partial charge on any atom is 0.220 e. The lowest BCUT2D eigenvalue weighted by Gasteiger charge is -2.34. The number of aromatic nitrogens is 1. The average molecular weight is 520 g/mol. The van der Waals surface area contributed by atoms with Crippen LogP contribution >= 0.6 is 35.3 Å². The Balaban J connectivity index is 0.00000280. The van der Waals surface area contributed by atoms with Crippen LogP contribution in [0.1, 0.15) is 37.8 Å². The first-order valence-electron chi connectivity index (χ1n) is 10.0. The number of carbonyl (C=O) groups is 1. The molecule has 0 radical (unpaired) electrons. The van der Waals surface area contributed by atoms with Gasteiger partial charge in [-0.15, -0.1) is 35.3 Å². The zero-order valence-electron chi connectivity index (χ0n) is 16.9. The minimum atomic E-state index is 0. The molecule has 7 nitrogen and oxygen atoms in total. The Morgan fingerprint density at radius 3 is 2.64 bits per heavy atom. The fraction of sp³-hybridized carbons (Fsp3) is 0.737. The number of halogens is 1. The van der Waals surface area contributed by atoms with Crippen molar-refractivity contribution in [3.05, 3.63) is 11.1 Å². The van der Waals surface area contributed by atoms with Gasteiger partial charge in [0, 0.05) is 65.0 Å². The largest absolute Gasteiger partial charge is 0.359 e. The number of amides is 1. The Bertz CT molecular complexity index is 638. The molecule has 0 spiro atoms. The molecule has 2 saturated heterocycles. The number of thiazole rings is 1. The summed E-state index contributed by atoms with van der Waals surface area (Å²) in [6, 6.07) is 0. The molecular formula is C19H33IN6OS. The Morgan fingerprint density at radius 1 is 1.29 bits per heavy atom. The van der Waals surface area contributed by atoms with Crippen molar-refractivity contribution in [1.82, 2.24) is 20.5 Å². The van der Waals surface area contributed by atoms with Gasteiger partial charge < -0.3 is 20.4 Å². The molecule has 2 aliphatic heterocycles. The maximum absolute atomic E-state index is 11.5. The molecule has 1 aromatic rings. The van der Waals surface area contributed by atoms with Crippen LogP contribution in [-0.4, -0.2) is 68.6 Å². The number of piperidine rings is 1. The summed E-state index contributed by atoms with van der Waals surface area (Å²) in [5.41, 5.74) is 1.16. The van der Waals surface area contributed by atoms with Crippen molar-refractivity contribution >= 4 is 52.3 Å². The van der Waals surface area contributed by atoms with Gasteiger partial charge in [0.1, 0.15) is 0 Å². The number of anilines is 1. The van der Waals surface area contributed by atoms with Gasteiger partial charge in [-0.1, -0.05) is 0 Å². The number of aliphatic imine (C=N–C) groups is 1. The lowest BCUT2D eigenvalue weighted by molar-refractivity contribution is -0.121. The van der Waals surface area contributed by atoms with Crippen molar-refractivity contribution in [2.75, 3.05) is 51.7 Å². The highest BCUT2D eigenvalue weighted by atomic mass is 127. The van der Waals surface area contributed by atoms with E-state index < -0.39 is 0 Å². The van der Waals surface area contributed by atoms with Crippen molar-refractivity contribution in [3.63, 3.8) is 0 Å². The van der Waals surface area contributed by atoms with Crippen molar-refractivity contribution in [2.45, 2.75) is 38.5 Å². The van der Waals surface area contributed by atoms with E-state index in [-0.39, 0.29) is 29.9 Å². The SMILES string of the molecule is CN=C(NCCc1csc(N2CCCC2)n1)N1CCC(CC(=O)NC)CC1.I. The maximum atomic E-state index is 11.5. The molecule has 0 unspecified atom stereocenters. The lowest BCUT2D eigenvalue weighted by Crippen LogP contribution is -2.46. The number of hydrogen-bond acceptors (Lipinski definition) is 5. The van der Waals surface area contributed by atoms with Gasteiger partial charge >= 0.3 is 0 Å². The number of hydrogen-bond donors (Lipinski definition) is 2. The highest BCUT2D eigenvalue weighted by Gasteiger charge is 2.23. The fourth-order valence-electron chi connectivity index (χ4n) is 3.81. The minimum absolute atomic E-state index is 0. The Labute approximate surface area is 189 Å². The molecule has 3 rings (SSSR count). The summed E-state index contributed by atoms with van der Waals surface area (Å²) in [5, 5.41) is 9.56. The first kappa shape index (κ1) is 23.2. The monoisotopic (exact) mass is 520 g/mol. The lowest BCUT2D eigenvalue weighted by atomic mass is 9.93. The van der Waals surface area contributed by atoms with E-state index in [2.05, 4.69) is 30.8 Å². The Kier molecular flexibility index (Phi) is 9.76. The van der Waals surface area contributed by atoms with E-state index in [0.717, 1.165) is 63.6 Å². The molecule has 158 valence electrons. The smallest absolute Gasteiger partial charge is 0.220 e. The van der Waals surface area contributed by atoms with E-state index >= 15 is 0 Å².